The van der Waals surface area contributed by atoms with Crippen molar-refractivity contribution in [1.29, 1.82) is 0 Å². The van der Waals surface area contributed by atoms with E-state index in [9.17, 15) is 9.59 Å². The Morgan fingerprint density at radius 1 is 0.952 bits per heavy atom. The van der Waals surface area contributed by atoms with E-state index in [4.69, 9.17) is 23.2 Å². The van der Waals surface area contributed by atoms with Crippen LogP contribution < -0.4 is 10.9 Å². The quantitative estimate of drug-likeness (QED) is 0.769. The number of halogens is 3. The van der Waals surface area contributed by atoms with Crippen LogP contribution in [-0.2, 0) is 0 Å². The molecule has 0 atom stereocenters. The van der Waals surface area contributed by atoms with Crippen LogP contribution in [0.2, 0.25) is 10.0 Å². The van der Waals surface area contributed by atoms with Crippen molar-refractivity contribution in [3.63, 3.8) is 0 Å². The first-order chi connectivity index (χ1) is 9.97. The monoisotopic (exact) mass is 386 g/mol. The van der Waals surface area contributed by atoms with Gasteiger partial charge >= 0.3 is 0 Å². The van der Waals surface area contributed by atoms with E-state index in [1.807, 2.05) is 0 Å². The first-order valence-electron chi connectivity index (χ1n) is 5.78. The molecule has 0 fully saturated rings. The maximum absolute atomic E-state index is 11.9. The summed E-state index contributed by atoms with van der Waals surface area (Å²) in [6, 6.07) is 11.2. The summed E-state index contributed by atoms with van der Waals surface area (Å²) in [4.78, 5) is 23.8. The summed E-state index contributed by atoms with van der Waals surface area (Å²) in [5.41, 5.74) is 5.24. The number of amides is 2. The Hall–Kier alpha value is -1.56. The lowest BCUT2D eigenvalue weighted by atomic mass is 10.2. The Kier molecular flexibility index (Phi) is 5.22. The van der Waals surface area contributed by atoms with Gasteiger partial charge in [0.05, 0.1) is 10.6 Å². The van der Waals surface area contributed by atoms with Crippen LogP contribution in [0.1, 0.15) is 20.7 Å². The number of nitrogens with one attached hydrogen (secondary N) is 2. The van der Waals surface area contributed by atoms with Crippen LogP contribution in [-0.4, -0.2) is 11.8 Å². The Morgan fingerprint density at radius 3 is 2.33 bits per heavy atom. The van der Waals surface area contributed by atoms with Crippen LogP contribution in [0, 0.1) is 0 Å². The van der Waals surface area contributed by atoms with Gasteiger partial charge in [-0.1, -0.05) is 45.2 Å². The molecule has 0 unspecified atom stereocenters. The van der Waals surface area contributed by atoms with Crippen LogP contribution in [0.3, 0.4) is 0 Å². The van der Waals surface area contributed by atoms with Gasteiger partial charge in [-0.3, -0.25) is 20.4 Å². The molecule has 2 N–H and O–H groups in total. The van der Waals surface area contributed by atoms with Gasteiger partial charge in [0.1, 0.15) is 0 Å². The van der Waals surface area contributed by atoms with Crippen molar-refractivity contribution in [2.24, 2.45) is 0 Å². The first kappa shape index (κ1) is 15.8. The van der Waals surface area contributed by atoms with E-state index >= 15 is 0 Å². The maximum atomic E-state index is 11.9. The molecule has 0 bridgehead atoms. The molecule has 0 saturated heterocycles. The molecule has 0 aliphatic rings. The standard InChI is InChI=1S/C14H9BrCl2N2O2/c15-9-3-1-2-8(6-9)13(20)18-19-14(21)11-5-4-10(16)7-12(11)17/h1-7H,(H,18,20)(H,19,21). The predicted molar refractivity (Wildman–Crippen MR) is 85.5 cm³/mol. The van der Waals surface area contributed by atoms with E-state index in [-0.39, 0.29) is 10.6 Å². The van der Waals surface area contributed by atoms with Crippen molar-refractivity contribution in [2.45, 2.75) is 0 Å². The van der Waals surface area contributed by atoms with Crippen LogP contribution in [0.4, 0.5) is 0 Å². The number of hydrazine groups is 1. The zero-order valence-electron chi connectivity index (χ0n) is 10.5. The van der Waals surface area contributed by atoms with Crippen molar-refractivity contribution in [3.8, 4) is 0 Å². The fourth-order valence-electron chi connectivity index (χ4n) is 1.56. The van der Waals surface area contributed by atoms with Gasteiger partial charge in [-0.25, -0.2) is 0 Å². The van der Waals surface area contributed by atoms with Crippen LogP contribution in [0.25, 0.3) is 0 Å². The van der Waals surface area contributed by atoms with Gasteiger partial charge in [-0.05, 0) is 36.4 Å². The molecule has 2 amide bonds. The van der Waals surface area contributed by atoms with E-state index in [0.29, 0.717) is 10.6 Å². The third kappa shape index (κ3) is 4.20. The molecule has 0 aliphatic heterocycles. The number of benzene rings is 2. The average molecular weight is 388 g/mol. The number of carbonyl (C=O) groups excluding carboxylic acids is 2. The maximum Gasteiger partial charge on any atom is 0.271 e. The normalized spacial score (nSPS) is 10.0. The van der Waals surface area contributed by atoms with Crippen molar-refractivity contribution in [2.75, 3.05) is 0 Å². The molecular weight excluding hydrogens is 379 g/mol. The lowest BCUT2D eigenvalue weighted by Gasteiger charge is -2.09. The second-order valence-corrected chi connectivity index (χ2v) is 5.80. The van der Waals surface area contributed by atoms with Gasteiger partial charge in [-0.15, -0.1) is 0 Å². The molecule has 7 heteroatoms. The Bertz CT molecular complexity index is 707. The lowest BCUT2D eigenvalue weighted by Crippen LogP contribution is -2.41. The fourth-order valence-corrected chi connectivity index (χ4v) is 2.45. The molecule has 0 aromatic heterocycles. The molecule has 2 rings (SSSR count). The van der Waals surface area contributed by atoms with Crippen LogP contribution in [0.5, 0.6) is 0 Å². The van der Waals surface area contributed by atoms with Gasteiger partial charge < -0.3 is 0 Å². The van der Waals surface area contributed by atoms with E-state index in [2.05, 4.69) is 26.8 Å². The van der Waals surface area contributed by atoms with Crippen LogP contribution >= 0.6 is 39.1 Å². The van der Waals surface area contributed by atoms with E-state index in [0.717, 1.165) is 4.47 Å². The minimum Gasteiger partial charge on any atom is -0.267 e. The van der Waals surface area contributed by atoms with Crippen molar-refractivity contribution < 1.29 is 9.59 Å². The van der Waals surface area contributed by atoms with E-state index in [1.54, 1.807) is 30.3 Å². The molecule has 2 aromatic carbocycles. The smallest absolute Gasteiger partial charge is 0.267 e. The van der Waals surface area contributed by atoms with E-state index < -0.39 is 11.8 Å². The van der Waals surface area contributed by atoms with Crippen molar-refractivity contribution in [3.05, 3.63) is 68.1 Å². The fraction of sp³-hybridized carbons (Fsp3) is 0. The molecule has 2 aromatic rings. The first-order valence-corrected chi connectivity index (χ1v) is 7.33. The number of hydrogen-bond acceptors (Lipinski definition) is 2. The second kappa shape index (κ2) is 6.93. The topological polar surface area (TPSA) is 58.2 Å². The molecule has 0 saturated carbocycles. The van der Waals surface area contributed by atoms with E-state index in [1.165, 1.54) is 12.1 Å². The molecule has 0 aliphatic carbocycles. The third-order valence-corrected chi connectivity index (χ3v) is 3.59. The lowest BCUT2D eigenvalue weighted by molar-refractivity contribution is 0.0846. The third-order valence-electron chi connectivity index (χ3n) is 2.55. The summed E-state index contributed by atoms with van der Waals surface area (Å²) in [5.74, 6) is -0.963. The van der Waals surface area contributed by atoms with Crippen molar-refractivity contribution >= 4 is 50.9 Å². The molecule has 4 nitrogen and oxygen atoms in total. The molecule has 0 spiro atoms. The molecular formula is C14H9BrCl2N2O2. The predicted octanol–water partition coefficient (Wildman–Crippen LogP) is 3.83. The van der Waals surface area contributed by atoms with Gasteiger partial charge in [-0.2, -0.15) is 0 Å². The van der Waals surface area contributed by atoms with Gasteiger partial charge in [0.25, 0.3) is 11.8 Å². The number of rotatable bonds is 2. The summed E-state index contributed by atoms with van der Waals surface area (Å²) in [7, 11) is 0. The molecule has 108 valence electrons. The minimum absolute atomic E-state index is 0.205. The second-order valence-electron chi connectivity index (χ2n) is 4.04. The van der Waals surface area contributed by atoms with Gasteiger partial charge in [0.15, 0.2) is 0 Å². The van der Waals surface area contributed by atoms with Gasteiger partial charge in [0, 0.05) is 15.1 Å². The molecule has 0 radical (unpaired) electrons. The summed E-state index contributed by atoms with van der Waals surface area (Å²) in [5, 5.41) is 0.631. The summed E-state index contributed by atoms with van der Waals surface area (Å²) in [6.07, 6.45) is 0. The van der Waals surface area contributed by atoms with Crippen molar-refractivity contribution in [1.82, 2.24) is 10.9 Å². The Morgan fingerprint density at radius 2 is 1.67 bits per heavy atom. The highest BCUT2D eigenvalue weighted by atomic mass is 79.9. The SMILES string of the molecule is O=C(NNC(=O)c1ccc(Cl)cc1Cl)c1cccc(Br)c1. The largest absolute Gasteiger partial charge is 0.271 e. The zero-order chi connectivity index (χ0) is 15.4. The number of carbonyl (C=O) groups is 2. The summed E-state index contributed by atoms with van der Waals surface area (Å²) in [6.45, 7) is 0. The highest BCUT2D eigenvalue weighted by Gasteiger charge is 2.12. The highest BCUT2D eigenvalue weighted by molar-refractivity contribution is 9.10. The Labute approximate surface area is 139 Å². The van der Waals surface area contributed by atoms with Crippen LogP contribution in [0.15, 0.2) is 46.9 Å². The molecule has 21 heavy (non-hydrogen) atoms. The average Bonchev–Trinajstić information content (AvgIpc) is 2.44. The number of hydrogen-bond donors (Lipinski definition) is 2. The van der Waals surface area contributed by atoms with Gasteiger partial charge in [0.2, 0.25) is 0 Å². The molecule has 0 heterocycles. The zero-order valence-corrected chi connectivity index (χ0v) is 13.6. The summed E-state index contributed by atoms with van der Waals surface area (Å²) < 4.78 is 0.766. The Balaban J connectivity index is 2.02. The summed E-state index contributed by atoms with van der Waals surface area (Å²) >= 11 is 14.9. The highest BCUT2D eigenvalue weighted by Crippen LogP contribution is 2.20. The minimum atomic E-state index is -0.528.